The third kappa shape index (κ3) is 6.04. The third-order valence-corrected chi connectivity index (χ3v) is 3.46. The number of nitrogens with one attached hydrogen (secondary N) is 1. The molecule has 2 N–H and O–H groups in total. The molecule has 0 heterocycles. The number of carboxylic acids is 1. The summed E-state index contributed by atoms with van der Waals surface area (Å²) in [6.07, 6.45) is 0.779. The maximum Gasteiger partial charge on any atom is 0.326 e. The van der Waals surface area contributed by atoms with Crippen LogP contribution in [0.1, 0.15) is 26.7 Å². The van der Waals surface area contributed by atoms with E-state index < -0.39 is 12.0 Å². The van der Waals surface area contributed by atoms with Crippen LogP contribution < -0.4 is 10.1 Å². The van der Waals surface area contributed by atoms with Crippen LogP contribution in [0.4, 0.5) is 0 Å². The molecule has 0 fully saturated rings. The summed E-state index contributed by atoms with van der Waals surface area (Å²) in [6.45, 7) is 3.86. The normalized spacial score (nSPS) is 13.3. The van der Waals surface area contributed by atoms with Gasteiger partial charge in [-0.1, -0.05) is 31.9 Å². The highest BCUT2D eigenvalue weighted by molar-refractivity contribution is 6.30. The van der Waals surface area contributed by atoms with Crippen molar-refractivity contribution in [1.82, 2.24) is 5.32 Å². The SMILES string of the molecule is CC[C@H](C)[C@H](NC(=O)CCOc1ccc(Cl)cc1)C(=O)O. The van der Waals surface area contributed by atoms with Gasteiger partial charge >= 0.3 is 5.97 Å². The Balaban J connectivity index is 2.39. The lowest BCUT2D eigenvalue weighted by atomic mass is 9.99. The van der Waals surface area contributed by atoms with Crippen molar-refractivity contribution in [2.45, 2.75) is 32.7 Å². The van der Waals surface area contributed by atoms with Crippen LogP contribution in [0.2, 0.25) is 5.02 Å². The van der Waals surface area contributed by atoms with Gasteiger partial charge in [0.05, 0.1) is 13.0 Å². The molecule has 6 heteroatoms. The van der Waals surface area contributed by atoms with Crippen LogP contribution in [0, 0.1) is 5.92 Å². The Morgan fingerprint density at radius 2 is 1.95 bits per heavy atom. The zero-order chi connectivity index (χ0) is 15.8. The van der Waals surface area contributed by atoms with Crippen LogP contribution >= 0.6 is 11.6 Å². The van der Waals surface area contributed by atoms with E-state index >= 15 is 0 Å². The zero-order valence-electron chi connectivity index (χ0n) is 12.1. The second-order valence-corrected chi connectivity index (χ2v) is 5.26. The van der Waals surface area contributed by atoms with Gasteiger partial charge < -0.3 is 15.2 Å². The summed E-state index contributed by atoms with van der Waals surface area (Å²) in [6, 6.07) is 5.94. The first kappa shape index (κ1) is 17.3. The monoisotopic (exact) mass is 313 g/mol. The molecule has 21 heavy (non-hydrogen) atoms. The molecule has 0 saturated heterocycles. The minimum Gasteiger partial charge on any atom is -0.493 e. The van der Waals surface area contributed by atoms with E-state index in [9.17, 15) is 9.59 Å². The van der Waals surface area contributed by atoms with E-state index in [0.717, 1.165) is 0 Å². The van der Waals surface area contributed by atoms with Crippen molar-refractivity contribution in [2.75, 3.05) is 6.61 Å². The number of aliphatic carboxylic acids is 1. The Hall–Kier alpha value is -1.75. The molecule has 0 aliphatic rings. The third-order valence-electron chi connectivity index (χ3n) is 3.21. The van der Waals surface area contributed by atoms with Crippen molar-refractivity contribution in [1.29, 1.82) is 0 Å². The Labute approximate surface area is 129 Å². The first-order valence-electron chi connectivity index (χ1n) is 6.84. The van der Waals surface area contributed by atoms with Gasteiger partial charge in [0.15, 0.2) is 0 Å². The number of halogens is 1. The van der Waals surface area contributed by atoms with Crippen molar-refractivity contribution in [3.63, 3.8) is 0 Å². The number of carboxylic acid groups (broad SMARTS) is 1. The van der Waals surface area contributed by atoms with Crippen LogP contribution in [0.25, 0.3) is 0 Å². The van der Waals surface area contributed by atoms with Crippen molar-refractivity contribution in [3.8, 4) is 5.75 Å². The Kier molecular flexibility index (Phi) is 7.02. The number of carbonyl (C=O) groups excluding carboxylic acids is 1. The second-order valence-electron chi connectivity index (χ2n) is 4.82. The summed E-state index contributed by atoms with van der Waals surface area (Å²) >= 11 is 5.75. The number of ether oxygens (including phenoxy) is 1. The summed E-state index contributed by atoms with van der Waals surface area (Å²) in [5.74, 6) is -0.861. The molecular weight excluding hydrogens is 294 g/mol. The fourth-order valence-electron chi connectivity index (χ4n) is 1.72. The molecule has 1 aromatic carbocycles. The van der Waals surface area contributed by atoms with E-state index in [0.29, 0.717) is 17.2 Å². The van der Waals surface area contributed by atoms with Crippen molar-refractivity contribution < 1.29 is 19.4 Å². The van der Waals surface area contributed by atoms with E-state index in [2.05, 4.69) is 5.32 Å². The number of hydrogen-bond donors (Lipinski definition) is 2. The van der Waals surface area contributed by atoms with Gasteiger partial charge in [-0.25, -0.2) is 4.79 Å². The highest BCUT2D eigenvalue weighted by Crippen LogP contribution is 2.15. The molecule has 0 aromatic heterocycles. The summed E-state index contributed by atoms with van der Waals surface area (Å²) in [5.41, 5.74) is 0. The molecule has 0 saturated carbocycles. The standard InChI is InChI=1S/C15H20ClNO4/c1-3-10(2)14(15(19)20)17-13(18)8-9-21-12-6-4-11(16)5-7-12/h4-7,10,14H,3,8-9H2,1-2H3,(H,17,18)(H,19,20)/t10-,14-/m0/s1. The molecule has 116 valence electrons. The smallest absolute Gasteiger partial charge is 0.326 e. The molecule has 0 aliphatic carbocycles. The van der Waals surface area contributed by atoms with Gasteiger partial charge in [-0.05, 0) is 30.2 Å². The van der Waals surface area contributed by atoms with Gasteiger partial charge in [0.25, 0.3) is 0 Å². The van der Waals surface area contributed by atoms with Crippen molar-refractivity contribution in [3.05, 3.63) is 29.3 Å². The molecule has 0 radical (unpaired) electrons. The average molecular weight is 314 g/mol. The van der Waals surface area contributed by atoms with E-state index in [1.807, 2.05) is 6.92 Å². The van der Waals surface area contributed by atoms with Crippen LogP contribution in [0.3, 0.4) is 0 Å². The van der Waals surface area contributed by atoms with Gasteiger partial charge in [-0.3, -0.25) is 4.79 Å². The Morgan fingerprint density at radius 1 is 1.33 bits per heavy atom. The highest BCUT2D eigenvalue weighted by atomic mass is 35.5. The van der Waals surface area contributed by atoms with Gasteiger partial charge in [0.1, 0.15) is 11.8 Å². The number of amides is 1. The molecule has 0 bridgehead atoms. The maximum absolute atomic E-state index is 11.7. The summed E-state index contributed by atoms with van der Waals surface area (Å²) < 4.78 is 5.39. The minimum absolute atomic E-state index is 0.100. The van der Waals surface area contributed by atoms with Crippen molar-refractivity contribution in [2.24, 2.45) is 5.92 Å². The zero-order valence-corrected chi connectivity index (χ0v) is 12.9. The molecule has 1 amide bonds. The lowest BCUT2D eigenvalue weighted by Crippen LogP contribution is -2.45. The van der Waals surface area contributed by atoms with Crippen LogP contribution in [0.5, 0.6) is 5.75 Å². The Morgan fingerprint density at radius 3 is 2.48 bits per heavy atom. The summed E-state index contributed by atoms with van der Waals surface area (Å²) in [5, 5.41) is 12.2. The molecular formula is C15H20ClNO4. The first-order chi connectivity index (χ1) is 9.93. The Bertz CT molecular complexity index is 475. The van der Waals surface area contributed by atoms with Crippen LogP contribution in [0.15, 0.2) is 24.3 Å². The van der Waals surface area contributed by atoms with Gasteiger partial charge in [-0.2, -0.15) is 0 Å². The lowest BCUT2D eigenvalue weighted by Gasteiger charge is -2.20. The van der Waals surface area contributed by atoms with Gasteiger partial charge in [-0.15, -0.1) is 0 Å². The van der Waals surface area contributed by atoms with E-state index in [4.69, 9.17) is 21.4 Å². The highest BCUT2D eigenvalue weighted by Gasteiger charge is 2.24. The minimum atomic E-state index is -1.02. The predicted octanol–water partition coefficient (Wildman–Crippen LogP) is 2.72. The maximum atomic E-state index is 11.7. The average Bonchev–Trinajstić information content (AvgIpc) is 2.45. The fourth-order valence-corrected chi connectivity index (χ4v) is 1.85. The molecule has 5 nitrogen and oxygen atoms in total. The number of rotatable bonds is 8. The van der Waals surface area contributed by atoms with Gasteiger partial charge in [0, 0.05) is 5.02 Å². The number of benzene rings is 1. The number of hydrogen-bond acceptors (Lipinski definition) is 3. The van der Waals surface area contributed by atoms with E-state index in [1.165, 1.54) is 0 Å². The second kappa shape index (κ2) is 8.52. The molecule has 0 unspecified atom stereocenters. The van der Waals surface area contributed by atoms with E-state index in [-0.39, 0.29) is 24.9 Å². The topological polar surface area (TPSA) is 75.6 Å². The molecule has 1 rings (SSSR count). The molecule has 0 spiro atoms. The van der Waals surface area contributed by atoms with Crippen LogP contribution in [-0.2, 0) is 9.59 Å². The quantitative estimate of drug-likeness (QED) is 0.773. The number of carbonyl (C=O) groups is 2. The lowest BCUT2D eigenvalue weighted by molar-refractivity contribution is -0.143. The predicted molar refractivity (Wildman–Crippen MR) is 80.6 cm³/mol. The molecule has 1 aromatic rings. The summed E-state index contributed by atoms with van der Waals surface area (Å²) in [4.78, 5) is 22.9. The summed E-state index contributed by atoms with van der Waals surface area (Å²) in [7, 11) is 0. The molecule has 0 aliphatic heterocycles. The first-order valence-corrected chi connectivity index (χ1v) is 7.22. The fraction of sp³-hybridized carbons (Fsp3) is 0.467. The largest absolute Gasteiger partial charge is 0.493 e. The van der Waals surface area contributed by atoms with E-state index in [1.54, 1.807) is 31.2 Å². The van der Waals surface area contributed by atoms with Gasteiger partial charge in [0.2, 0.25) is 5.91 Å². The molecule has 2 atom stereocenters. The van der Waals surface area contributed by atoms with Crippen molar-refractivity contribution >= 4 is 23.5 Å². The van der Waals surface area contributed by atoms with Crippen LogP contribution in [-0.4, -0.2) is 29.6 Å².